The zero-order chi connectivity index (χ0) is 32.2. The monoisotopic (exact) mass is 606 g/mol. The molecule has 228 valence electrons. The summed E-state index contributed by atoms with van der Waals surface area (Å²) in [6, 6.07) is 49.2. The fourth-order valence-electron chi connectivity index (χ4n) is 7.58. The molecule has 0 aliphatic carbocycles. The number of hydrogen-bond donors (Lipinski definition) is 1. The summed E-state index contributed by atoms with van der Waals surface area (Å²) in [6.45, 7) is 11.0. The molecule has 0 unspecified atom stereocenters. The first-order valence-corrected chi connectivity index (χ1v) is 16.4. The topological polar surface area (TPSA) is 15.3 Å². The van der Waals surface area contributed by atoms with E-state index in [1.54, 1.807) is 0 Å². The molecule has 47 heavy (non-hydrogen) atoms. The second-order valence-electron chi connectivity index (χ2n) is 13.1. The van der Waals surface area contributed by atoms with Gasteiger partial charge in [0.05, 0.1) is 5.69 Å². The Bertz CT molecular complexity index is 2400. The summed E-state index contributed by atoms with van der Waals surface area (Å²) in [5, 5.41) is 11.3. The third-order valence-corrected chi connectivity index (χ3v) is 9.48. The van der Waals surface area contributed by atoms with Crippen molar-refractivity contribution in [2.45, 2.75) is 34.6 Å². The molecule has 8 aromatic carbocycles. The van der Waals surface area contributed by atoms with E-state index in [0.717, 1.165) is 11.4 Å². The summed E-state index contributed by atoms with van der Waals surface area (Å²) in [5.41, 5.74) is 14.5. The quantitative estimate of drug-likeness (QED) is 0.189. The van der Waals surface area contributed by atoms with E-state index in [1.165, 1.54) is 88.3 Å². The van der Waals surface area contributed by atoms with Crippen LogP contribution in [-0.4, -0.2) is 0 Å². The Kier molecular flexibility index (Phi) is 6.95. The minimum Gasteiger partial charge on any atom is -0.355 e. The fraction of sp³-hybridized carbons (Fsp3) is 0.111. The molecule has 0 heterocycles. The molecule has 0 spiro atoms. The van der Waals surface area contributed by atoms with Gasteiger partial charge in [-0.05, 0) is 138 Å². The van der Waals surface area contributed by atoms with E-state index in [-0.39, 0.29) is 0 Å². The number of aryl methyl sites for hydroxylation is 4. The molecule has 0 amide bonds. The number of rotatable bonds is 6. The molecule has 0 aromatic heterocycles. The standard InChI is InChI=1S/C45H38N2/c1-28-22-29(2)25-36(24-28)46-41-20-16-34-15-19-40-43(21-17-35-14-18-39(41)44(34)45(35)40)47(37-26-30(3)23-31(4)27-37)42-13-9-12-38(32(42)5)33-10-7-6-8-11-33/h6-27,46H,1-5H3. The second kappa shape index (κ2) is 11.3. The highest BCUT2D eigenvalue weighted by atomic mass is 15.1. The van der Waals surface area contributed by atoms with E-state index in [1.807, 2.05) is 0 Å². The van der Waals surface area contributed by atoms with E-state index in [0.29, 0.717) is 0 Å². The Balaban J connectivity index is 1.38. The molecule has 1 N–H and O–H groups in total. The van der Waals surface area contributed by atoms with Crippen molar-refractivity contribution in [1.82, 2.24) is 0 Å². The van der Waals surface area contributed by atoms with Gasteiger partial charge >= 0.3 is 0 Å². The molecule has 2 nitrogen and oxygen atoms in total. The van der Waals surface area contributed by atoms with Crippen molar-refractivity contribution in [3.8, 4) is 11.1 Å². The van der Waals surface area contributed by atoms with Crippen LogP contribution in [0, 0.1) is 34.6 Å². The number of hydrogen-bond acceptors (Lipinski definition) is 2. The van der Waals surface area contributed by atoms with Crippen LogP contribution < -0.4 is 10.2 Å². The van der Waals surface area contributed by atoms with E-state index in [9.17, 15) is 0 Å². The number of anilines is 5. The summed E-state index contributed by atoms with van der Waals surface area (Å²) in [6.07, 6.45) is 0. The van der Waals surface area contributed by atoms with Gasteiger partial charge in [0.25, 0.3) is 0 Å². The molecule has 0 bridgehead atoms. The molecule has 8 rings (SSSR count). The first kappa shape index (κ1) is 28.8. The van der Waals surface area contributed by atoms with E-state index in [4.69, 9.17) is 0 Å². The summed E-state index contributed by atoms with van der Waals surface area (Å²) in [4.78, 5) is 2.47. The van der Waals surface area contributed by atoms with Gasteiger partial charge in [0, 0.05) is 33.5 Å². The molecular formula is C45H38N2. The van der Waals surface area contributed by atoms with E-state index >= 15 is 0 Å². The lowest BCUT2D eigenvalue weighted by molar-refractivity contribution is 1.24. The first-order chi connectivity index (χ1) is 22.8. The lowest BCUT2D eigenvalue weighted by Crippen LogP contribution is -2.13. The number of nitrogens with zero attached hydrogens (tertiary/aromatic N) is 1. The smallest absolute Gasteiger partial charge is 0.0540 e. The maximum absolute atomic E-state index is 3.76. The van der Waals surface area contributed by atoms with Gasteiger partial charge in [0.2, 0.25) is 0 Å². The average molecular weight is 607 g/mol. The average Bonchev–Trinajstić information content (AvgIpc) is 3.05. The predicted molar refractivity (Wildman–Crippen MR) is 204 cm³/mol. The van der Waals surface area contributed by atoms with Crippen LogP contribution in [-0.2, 0) is 0 Å². The van der Waals surface area contributed by atoms with Crippen molar-refractivity contribution in [3.63, 3.8) is 0 Å². The normalized spacial score (nSPS) is 11.5. The van der Waals surface area contributed by atoms with Gasteiger partial charge in [-0.25, -0.2) is 0 Å². The first-order valence-electron chi connectivity index (χ1n) is 16.4. The van der Waals surface area contributed by atoms with Crippen LogP contribution in [0.1, 0.15) is 27.8 Å². The molecular weight excluding hydrogens is 569 g/mol. The maximum atomic E-state index is 3.76. The van der Waals surface area contributed by atoms with Crippen molar-refractivity contribution in [3.05, 3.63) is 161 Å². The zero-order valence-electron chi connectivity index (χ0n) is 27.6. The summed E-state index contributed by atoms with van der Waals surface area (Å²) < 4.78 is 0. The molecule has 8 aromatic rings. The van der Waals surface area contributed by atoms with Crippen molar-refractivity contribution >= 4 is 60.8 Å². The van der Waals surface area contributed by atoms with Crippen LogP contribution >= 0.6 is 0 Å². The van der Waals surface area contributed by atoms with Gasteiger partial charge in [-0.3, -0.25) is 0 Å². The molecule has 0 fully saturated rings. The summed E-state index contributed by atoms with van der Waals surface area (Å²) >= 11 is 0. The van der Waals surface area contributed by atoms with Crippen molar-refractivity contribution < 1.29 is 0 Å². The van der Waals surface area contributed by atoms with Crippen molar-refractivity contribution in [2.75, 3.05) is 10.2 Å². The highest BCUT2D eigenvalue weighted by molar-refractivity contribution is 6.27. The van der Waals surface area contributed by atoms with Gasteiger partial charge in [-0.15, -0.1) is 0 Å². The molecule has 0 saturated heterocycles. The van der Waals surface area contributed by atoms with Crippen LogP contribution in [0.2, 0.25) is 0 Å². The summed E-state index contributed by atoms with van der Waals surface area (Å²) in [5.74, 6) is 0. The highest BCUT2D eigenvalue weighted by Gasteiger charge is 2.22. The van der Waals surface area contributed by atoms with Crippen LogP contribution in [0.4, 0.5) is 28.4 Å². The van der Waals surface area contributed by atoms with Crippen LogP contribution in [0.5, 0.6) is 0 Å². The van der Waals surface area contributed by atoms with Gasteiger partial charge in [0.15, 0.2) is 0 Å². The Hall–Kier alpha value is -5.60. The molecule has 0 radical (unpaired) electrons. The maximum Gasteiger partial charge on any atom is 0.0540 e. The third-order valence-electron chi connectivity index (χ3n) is 9.48. The Labute approximate surface area is 277 Å². The van der Waals surface area contributed by atoms with Crippen LogP contribution in [0.15, 0.2) is 133 Å². The molecule has 0 aliphatic heterocycles. The summed E-state index contributed by atoms with van der Waals surface area (Å²) in [7, 11) is 0. The van der Waals surface area contributed by atoms with Gasteiger partial charge in [0.1, 0.15) is 0 Å². The molecule has 0 saturated carbocycles. The minimum atomic E-state index is 1.12. The van der Waals surface area contributed by atoms with Crippen molar-refractivity contribution in [2.24, 2.45) is 0 Å². The fourth-order valence-corrected chi connectivity index (χ4v) is 7.58. The number of nitrogens with one attached hydrogen (secondary N) is 1. The van der Waals surface area contributed by atoms with E-state index < -0.39 is 0 Å². The molecule has 2 heteroatoms. The minimum absolute atomic E-state index is 1.12. The number of benzene rings is 8. The Morgan fingerprint density at radius 2 is 1.06 bits per heavy atom. The Morgan fingerprint density at radius 3 is 1.77 bits per heavy atom. The van der Waals surface area contributed by atoms with Crippen LogP contribution in [0.25, 0.3) is 43.4 Å². The van der Waals surface area contributed by atoms with E-state index in [2.05, 4.69) is 178 Å². The van der Waals surface area contributed by atoms with Gasteiger partial charge in [-0.1, -0.05) is 91.0 Å². The SMILES string of the molecule is Cc1cc(C)cc(Nc2ccc3ccc4c(N(c5cc(C)cc(C)c5)c5cccc(-c6ccccc6)c5C)ccc5ccc2c3c54)c1. The van der Waals surface area contributed by atoms with Crippen molar-refractivity contribution in [1.29, 1.82) is 0 Å². The molecule has 0 aliphatic rings. The second-order valence-corrected chi connectivity index (χ2v) is 13.1. The van der Waals surface area contributed by atoms with Gasteiger partial charge in [-0.2, -0.15) is 0 Å². The molecule has 0 atom stereocenters. The lowest BCUT2D eigenvalue weighted by Gasteiger charge is -2.30. The third kappa shape index (κ3) is 5.07. The van der Waals surface area contributed by atoms with Crippen LogP contribution in [0.3, 0.4) is 0 Å². The lowest BCUT2D eigenvalue weighted by atomic mass is 9.91. The largest absolute Gasteiger partial charge is 0.355 e. The van der Waals surface area contributed by atoms with Gasteiger partial charge < -0.3 is 10.2 Å². The zero-order valence-corrected chi connectivity index (χ0v) is 27.6. The highest BCUT2D eigenvalue weighted by Crippen LogP contribution is 2.47. The predicted octanol–water partition coefficient (Wildman–Crippen LogP) is 13.0. The Morgan fingerprint density at radius 1 is 0.468 bits per heavy atom.